The van der Waals surface area contributed by atoms with Crippen LogP contribution in [-0.4, -0.2) is 20.4 Å². The molecule has 0 aromatic heterocycles. The zero-order chi connectivity index (χ0) is 10.9. The first kappa shape index (κ1) is 10.2. The molecule has 0 bridgehead atoms. The Balaban J connectivity index is 2.28. The maximum absolute atomic E-state index is 10.8. The van der Waals surface area contributed by atoms with E-state index in [1.807, 2.05) is 24.3 Å². The lowest BCUT2D eigenvalue weighted by atomic mass is 10.1. The van der Waals surface area contributed by atoms with Crippen molar-refractivity contribution in [2.75, 3.05) is 6.26 Å². The quantitative estimate of drug-likeness (QED) is 0.713. The van der Waals surface area contributed by atoms with Crippen LogP contribution in [0.1, 0.15) is 17.5 Å². The molecule has 1 aromatic rings. The van der Waals surface area contributed by atoms with Crippen LogP contribution in [0.5, 0.6) is 0 Å². The van der Waals surface area contributed by atoms with E-state index in [-0.39, 0.29) is 0 Å². The van der Waals surface area contributed by atoms with Gasteiger partial charge in [0, 0.05) is 5.56 Å². The molecule has 0 fully saturated rings. The van der Waals surface area contributed by atoms with E-state index in [1.54, 1.807) is 0 Å². The maximum atomic E-state index is 10.8. The summed E-state index contributed by atoms with van der Waals surface area (Å²) in [7, 11) is -3.50. The summed E-state index contributed by atoms with van der Waals surface area (Å²) in [5.74, 6) is 0. The van der Waals surface area contributed by atoms with Crippen molar-refractivity contribution in [3.8, 4) is 0 Å². The SMILES string of the molecule is CS(=O)(=O)ON=C1CCc2ccccc21. The summed E-state index contributed by atoms with van der Waals surface area (Å²) in [5, 5.41) is 3.66. The van der Waals surface area contributed by atoms with Crippen LogP contribution in [0.4, 0.5) is 0 Å². The van der Waals surface area contributed by atoms with Crippen molar-refractivity contribution in [1.82, 2.24) is 0 Å². The van der Waals surface area contributed by atoms with Crippen molar-refractivity contribution in [1.29, 1.82) is 0 Å². The first-order valence-corrected chi connectivity index (χ1v) is 6.42. The Bertz CT molecular complexity index is 505. The summed E-state index contributed by atoms with van der Waals surface area (Å²) in [6.45, 7) is 0. The molecular formula is C10H11NO3S. The molecule has 5 heteroatoms. The minimum Gasteiger partial charge on any atom is -0.268 e. The number of oxime groups is 1. The molecule has 1 aliphatic carbocycles. The molecule has 15 heavy (non-hydrogen) atoms. The predicted octanol–water partition coefficient (Wildman–Crippen LogP) is 1.31. The highest BCUT2D eigenvalue weighted by Gasteiger charge is 2.17. The van der Waals surface area contributed by atoms with Crippen molar-refractivity contribution in [3.05, 3.63) is 35.4 Å². The van der Waals surface area contributed by atoms with E-state index >= 15 is 0 Å². The summed E-state index contributed by atoms with van der Waals surface area (Å²) < 4.78 is 26.0. The Labute approximate surface area is 88.7 Å². The Hall–Kier alpha value is -1.36. The topological polar surface area (TPSA) is 55.7 Å². The standard InChI is InChI=1S/C10H11NO3S/c1-15(12,13)14-11-10-7-6-8-4-2-3-5-9(8)10/h2-5H,6-7H2,1H3. The third kappa shape index (κ3) is 2.36. The van der Waals surface area contributed by atoms with Gasteiger partial charge in [-0.05, 0) is 18.4 Å². The Morgan fingerprint density at radius 2 is 2.00 bits per heavy atom. The molecule has 0 saturated carbocycles. The van der Waals surface area contributed by atoms with Crippen LogP contribution in [0.25, 0.3) is 0 Å². The van der Waals surface area contributed by atoms with E-state index in [2.05, 4.69) is 9.44 Å². The van der Waals surface area contributed by atoms with Gasteiger partial charge in [0.2, 0.25) is 0 Å². The van der Waals surface area contributed by atoms with E-state index in [0.29, 0.717) is 5.71 Å². The lowest BCUT2D eigenvalue weighted by Crippen LogP contribution is -2.01. The van der Waals surface area contributed by atoms with Crippen molar-refractivity contribution >= 4 is 15.8 Å². The van der Waals surface area contributed by atoms with Gasteiger partial charge in [0.05, 0.1) is 12.0 Å². The molecule has 1 aromatic carbocycles. The first-order valence-electron chi connectivity index (χ1n) is 4.60. The van der Waals surface area contributed by atoms with Crippen LogP contribution in [0, 0.1) is 0 Å². The molecule has 0 radical (unpaired) electrons. The minimum absolute atomic E-state index is 0.705. The lowest BCUT2D eigenvalue weighted by Gasteiger charge is -1.98. The van der Waals surface area contributed by atoms with Crippen molar-refractivity contribution in [3.63, 3.8) is 0 Å². The molecule has 0 saturated heterocycles. The highest BCUT2D eigenvalue weighted by Crippen LogP contribution is 2.22. The van der Waals surface area contributed by atoms with Crippen LogP contribution in [0.2, 0.25) is 0 Å². The largest absolute Gasteiger partial charge is 0.325 e. The van der Waals surface area contributed by atoms with Gasteiger partial charge in [-0.15, -0.1) is 0 Å². The fraction of sp³-hybridized carbons (Fsp3) is 0.300. The smallest absolute Gasteiger partial charge is 0.268 e. The molecule has 1 aliphatic rings. The van der Waals surface area contributed by atoms with E-state index in [4.69, 9.17) is 0 Å². The molecule has 0 aliphatic heterocycles. The van der Waals surface area contributed by atoms with Gasteiger partial charge in [0.15, 0.2) is 0 Å². The highest BCUT2D eigenvalue weighted by atomic mass is 32.2. The van der Waals surface area contributed by atoms with E-state index < -0.39 is 10.1 Å². The van der Waals surface area contributed by atoms with Crippen molar-refractivity contribution in [2.45, 2.75) is 12.8 Å². The van der Waals surface area contributed by atoms with Gasteiger partial charge < -0.3 is 0 Å². The third-order valence-corrected chi connectivity index (χ3v) is 2.59. The molecule has 80 valence electrons. The van der Waals surface area contributed by atoms with E-state index in [1.165, 1.54) is 5.56 Å². The summed E-state index contributed by atoms with van der Waals surface area (Å²) >= 11 is 0. The molecule has 4 nitrogen and oxygen atoms in total. The van der Waals surface area contributed by atoms with Gasteiger partial charge in [-0.3, -0.25) is 4.28 Å². The number of rotatable bonds is 2. The maximum Gasteiger partial charge on any atom is 0.325 e. The third-order valence-electron chi connectivity index (χ3n) is 2.24. The molecule has 0 unspecified atom stereocenters. The number of fused-ring (bicyclic) bond motifs is 1. The van der Waals surface area contributed by atoms with E-state index in [0.717, 1.165) is 24.7 Å². The average Bonchev–Trinajstić information content (AvgIpc) is 2.57. The molecular weight excluding hydrogens is 214 g/mol. The average molecular weight is 225 g/mol. The summed E-state index contributed by atoms with van der Waals surface area (Å²) in [6, 6.07) is 7.80. The van der Waals surface area contributed by atoms with Gasteiger partial charge in [-0.25, -0.2) is 0 Å². The van der Waals surface area contributed by atoms with Crippen molar-refractivity contribution < 1.29 is 12.7 Å². The predicted molar refractivity (Wildman–Crippen MR) is 57.2 cm³/mol. The number of hydrogen-bond acceptors (Lipinski definition) is 4. The van der Waals surface area contributed by atoms with E-state index in [9.17, 15) is 8.42 Å². The monoisotopic (exact) mass is 225 g/mol. The lowest BCUT2D eigenvalue weighted by molar-refractivity contribution is 0.342. The second kappa shape index (κ2) is 3.66. The second-order valence-corrected chi connectivity index (χ2v) is 5.03. The molecule has 0 heterocycles. The van der Waals surface area contributed by atoms with Gasteiger partial charge in [0.25, 0.3) is 0 Å². The highest BCUT2D eigenvalue weighted by molar-refractivity contribution is 7.85. The first-order chi connectivity index (χ1) is 7.06. The number of nitrogens with zero attached hydrogens (tertiary/aromatic N) is 1. The number of hydrogen-bond donors (Lipinski definition) is 0. The van der Waals surface area contributed by atoms with Crippen LogP contribution in [-0.2, 0) is 20.8 Å². The molecule has 0 atom stereocenters. The Morgan fingerprint density at radius 1 is 1.27 bits per heavy atom. The molecule has 0 N–H and O–H groups in total. The zero-order valence-electron chi connectivity index (χ0n) is 8.30. The second-order valence-electron chi connectivity index (χ2n) is 3.47. The summed E-state index contributed by atoms with van der Waals surface area (Å²) in [6.07, 6.45) is 2.61. The van der Waals surface area contributed by atoms with Gasteiger partial charge in [0.1, 0.15) is 0 Å². The summed E-state index contributed by atoms with van der Waals surface area (Å²) in [4.78, 5) is 0. The molecule has 0 amide bonds. The van der Waals surface area contributed by atoms with Gasteiger partial charge in [-0.2, -0.15) is 8.42 Å². The number of aryl methyl sites for hydroxylation is 1. The molecule has 2 rings (SSSR count). The molecule has 0 spiro atoms. The van der Waals surface area contributed by atoms with Gasteiger partial charge in [-0.1, -0.05) is 29.4 Å². The fourth-order valence-electron chi connectivity index (χ4n) is 1.62. The van der Waals surface area contributed by atoms with Gasteiger partial charge >= 0.3 is 10.1 Å². The summed E-state index contributed by atoms with van der Waals surface area (Å²) in [5.41, 5.74) is 2.88. The minimum atomic E-state index is -3.50. The van der Waals surface area contributed by atoms with Crippen LogP contribution in [0.15, 0.2) is 29.4 Å². The number of benzene rings is 1. The Kier molecular flexibility index (Phi) is 2.48. The Morgan fingerprint density at radius 3 is 2.73 bits per heavy atom. The zero-order valence-corrected chi connectivity index (χ0v) is 9.12. The fourth-order valence-corrected chi connectivity index (χ4v) is 1.84. The van der Waals surface area contributed by atoms with Crippen molar-refractivity contribution in [2.24, 2.45) is 5.16 Å². The van der Waals surface area contributed by atoms with Crippen LogP contribution < -0.4 is 0 Å². The van der Waals surface area contributed by atoms with Crippen LogP contribution >= 0.6 is 0 Å². The normalized spacial score (nSPS) is 17.8. The van der Waals surface area contributed by atoms with Crippen LogP contribution in [0.3, 0.4) is 0 Å².